The first-order valence-electron chi connectivity index (χ1n) is 8.15. The van der Waals surface area contributed by atoms with Gasteiger partial charge in [-0.3, -0.25) is 24.0 Å². The van der Waals surface area contributed by atoms with Crippen molar-refractivity contribution in [1.29, 1.82) is 0 Å². The van der Waals surface area contributed by atoms with Crippen LogP contribution in [-0.4, -0.2) is 76.6 Å². The Bertz CT molecular complexity index is 558. The number of hydrogen-bond donors (Lipinski definition) is 6. The monoisotopic (exact) mass is 406 g/mol. The molecular formula is C15H26N4O7S. The van der Waals surface area contributed by atoms with Crippen molar-refractivity contribution >= 4 is 41.4 Å². The van der Waals surface area contributed by atoms with Crippen LogP contribution < -0.4 is 21.7 Å². The predicted molar refractivity (Wildman–Crippen MR) is 98.0 cm³/mol. The molecular weight excluding hydrogens is 380 g/mol. The van der Waals surface area contributed by atoms with Crippen molar-refractivity contribution in [2.24, 2.45) is 5.73 Å². The molecule has 3 unspecified atom stereocenters. The van der Waals surface area contributed by atoms with Crippen LogP contribution in [0.1, 0.15) is 26.2 Å². The van der Waals surface area contributed by atoms with Gasteiger partial charge >= 0.3 is 11.9 Å². The predicted octanol–water partition coefficient (Wildman–Crippen LogP) is -1.88. The number of thioether (sulfide) groups is 1. The van der Waals surface area contributed by atoms with E-state index < -0.39 is 60.8 Å². The lowest BCUT2D eigenvalue weighted by Crippen LogP contribution is -2.55. The topological polar surface area (TPSA) is 188 Å². The van der Waals surface area contributed by atoms with Gasteiger partial charge in [-0.05, 0) is 31.8 Å². The average molecular weight is 406 g/mol. The molecule has 7 N–H and O–H groups in total. The summed E-state index contributed by atoms with van der Waals surface area (Å²) in [5.74, 6) is -3.86. The minimum absolute atomic E-state index is 0.236. The fourth-order valence-electron chi connectivity index (χ4n) is 1.88. The Morgan fingerprint density at radius 1 is 0.963 bits per heavy atom. The molecule has 0 aromatic heterocycles. The Morgan fingerprint density at radius 3 is 2.11 bits per heavy atom. The standard InChI is InChI=1S/C15H26N4O7S/c1-8(18-14(25)9(16)5-6-27-2)13(24)19-10(3-4-11(20)21)15(26)17-7-12(22)23/h8-10H,3-7,16H2,1-2H3,(H,17,26)(H,18,25)(H,19,24)(H,20,21)(H,22,23). The van der Waals surface area contributed by atoms with Gasteiger partial charge < -0.3 is 31.9 Å². The van der Waals surface area contributed by atoms with E-state index >= 15 is 0 Å². The zero-order valence-corrected chi connectivity index (χ0v) is 16.0. The van der Waals surface area contributed by atoms with Crippen LogP contribution in [0.15, 0.2) is 0 Å². The smallest absolute Gasteiger partial charge is 0.322 e. The van der Waals surface area contributed by atoms with E-state index in [4.69, 9.17) is 15.9 Å². The maximum Gasteiger partial charge on any atom is 0.322 e. The van der Waals surface area contributed by atoms with Gasteiger partial charge in [-0.1, -0.05) is 0 Å². The number of carbonyl (C=O) groups is 5. The highest BCUT2D eigenvalue weighted by Gasteiger charge is 2.26. The van der Waals surface area contributed by atoms with Crippen molar-refractivity contribution in [2.75, 3.05) is 18.6 Å². The van der Waals surface area contributed by atoms with Crippen molar-refractivity contribution < 1.29 is 34.2 Å². The average Bonchev–Trinajstić information content (AvgIpc) is 2.60. The van der Waals surface area contributed by atoms with E-state index in [1.807, 2.05) is 6.26 Å². The van der Waals surface area contributed by atoms with Crippen molar-refractivity contribution in [2.45, 2.75) is 44.3 Å². The van der Waals surface area contributed by atoms with Crippen LogP contribution in [0.2, 0.25) is 0 Å². The molecule has 0 rings (SSSR count). The first-order chi connectivity index (χ1) is 12.6. The van der Waals surface area contributed by atoms with E-state index in [-0.39, 0.29) is 6.42 Å². The van der Waals surface area contributed by atoms with Gasteiger partial charge in [0.1, 0.15) is 18.6 Å². The highest BCUT2D eigenvalue weighted by molar-refractivity contribution is 7.98. The molecule has 0 aliphatic carbocycles. The fourth-order valence-corrected chi connectivity index (χ4v) is 2.37. The van der Waals surface area contributed by atoms with Crippen molar-refractivity contribution in [3.8, 4) is 0 Å². The Hall–Kier alpha value is -2.34. The third kappa shape index (κ3) is 11.1. The molecule has 11 nitrogen and oxygen atoms in total. The molecule has 3 amide bonds. The van der Waals surface area contributed by atoms with Gasteiger partial charge in [-0.2, -0.15) is 11.8 Å². The van der Waals surface area contributed by atoms with Crippen LogP contribution >= 0.6 is 11.8 Å². The molecule has 0 bridgehead atoms. The first-order valence-corrected chi connectivity index (χ1v) is 9.54. The minimum atomic E-state index is -1.29. The summed E-state index contributed by atoms with van der Waals surface area (Å²) in [7, 11) is 0. The number of amides is 3. The molecule has 0 aromatic carbocycles. The van der Waals surface area contributed by atoms with Crippen LogP contribution in [0, 0.1) is 0 Å². The summed E-state index contributed by atoms with van der Waals surface area (Å²) >= 11 is 1.53. The molecule has 0 spiro atoms. The van der Waals surface area contributed by atoms with Crippen LogP contribution in [0.3, 0.4) is 0 Å². The van der Waals surface area contributed by atoms with E-state index in [1.165, 1.54) is 18.7 Å². The van der Waals surface area contributed by atoms with E-state index in [0.29, 0.717) is 12.2 Å². The molecule has 12 heteroatoms. The Labute approximate surface area is 160 Å². The number of nitrogens with one attached hydrogen (secondary N) is 3. The molecule has 0 aliphatic heterocycles. The molecule has 27 heavy (non-hydrogen) atoms. The summed E-state index contributed by atoms with van der Waals surface area (Å²) < 4.78 is 0. The highest BCUT2D eigenvalue weighted by Crippen LogP contribution is 2.01. The van der Waals surface area contributed by atoms with Gasteiger partial charge in [-0.25, -0.2) is 0 Å². The normalized spacial score (nSPS) is 13.7. The number of rotatable bonds is 13. The fraction of sp³-hybridized carbons (Fsp3) is 0.667. The molecule has 0 radical (unpaired) electrons. The zero-order chi connectivity index (χ0) is 21.0. The number of nitrogens with two attached hydrogens (primary N) is 1. The third-order valence-electron chi connectivity index (χ3n) is 3.42. The molecule has 0 saturated heterocycles. The van der Waals surface area contributed by atoms with Crippen molar-refractivity contribution in [3.05, 3.63) is 0 Å². The number of carboxylic acids is 2. The van der Waals surface area contributed by atoms with Crippen LogP contribution in [-0.2, 0) is 24.0 Å². The second-order valence-corrected chi connectivity index (χ2v) is 6.71. The van der Waals surface area contributed by atoms with Gasteiger partial charge in [0.25, 0.3) is 0 Å². The lowest BCUT2D eigenvalue weighted by Gasteiger charge is -2.21. The molecule has 0 aliphatic rings. The second kappa shape index (κ2) is 12.9. The summed E-state index contributed by atoms with van der Waals surface area (Å²) in [5, 5.41) is 24.1. The largest absolute Gasteiger partial charge is 0.481 e. The number of aliphatic carboxylic acids is 2. The Morgan fingerprint density at radius 2 is 1.59 bits per heavy atom. The van der Waals surface area contributed by atoms with Gasteiger partial charge in [0.05, 0.1) is 6.04 Å². The minimum Gasteiger partial charge on any atom is -0.481 e. The quantitative estimate of drug-likeness (QED) is 0.203. The Balaban J connectivity index is 4.79. The summed E-state index contributed by atoms with van der Waals surface area (Å²) in [5.41, 5.74) is 5.71. The van der Waals surface area contributed by atoms with Crippen LogP contribution in [0.25, 0.3) is 0 Å². The highest BCUT2D eigenvalue weighted by atomic mass is 32.2. The van der Waals surface area contributed by atoms with E-state index in [1.54, 1.807) is 0 Å². The number of hydrogen-bond acceptors (Lipinski definition) is 7. The maximum absolute atomic E-state index is 12.2. The molecule has 154 valence electrons. The lowest BCUT2D eigenvalue weighted by molar-refractivity contribution is -0.140. The van der Waals surface area contributed by atoms with Gasteiger partial charge in [0.2, 0.25) is 17.7 Å². The van der Waals surface area contributed by atoms with Crippen molar-refractivity contribution in [1.82, 2.24) is 16.0 Å². The summed E-state index contributed by atoms with van der Waals surface area (Å²) in [6.45, 7) is 0.715. The zero-order valence-electron chi connectivity index (χ0n) is 15.2. The maximum atomic E-state index is 12.2. The van der Waals surface area contributed by atoms with Crippen LogP contribution in [0.4, 0.5) is 0 Å². The van der Waals surface area contributed by atoms with Gasteiger partial charge in [0.15, 0.2) is 0 Å². The number of carbonyl (C=O) groups excluding carboxylic acids is 3. The summed E-state index contributed by atoms with van der Waals surface area (Å²) in [4.78, 5) is 57.3. The SMILES string of the molecule is CSCCC(N)C(=O)NC(C)C(=O)NC(CCC(=O)O)C(=O)NCC(=O)O. The molecule has 0 fully saturated rings. The van der Waals surface area contributed by atoms with E-state index in [9.17, 15) is 24.0 Å². The van der Waals surface area contributed by atoms with E-state index in [0.717, 1.165) is 0 Å². The lowest BCUT2D eigenvalue weighted by atomic mass is 10.1. The molecule has 0 heterocycles. The van der Waals surface area contributed by atoms with Crippen molar-refractivity contribution in [3.63, 3.8) is 0 Å². The van der Waals surface area contributed by atoms with Gasteiger partial charge in [-0.15, -0.1) is 0 Å². The summed E-state index contributed by atoms with van der Waals surface area (Å²) in [6.07, 6.45) is 1.65. The van der Waals surface area contributed by atoms with E-state index in [2.05, 4.69) is 16.0 Å². The first kappa shape index (κ1) is 24.7. The number of carboxylic acid groups (broad SMARTS) is 2. The molecule has 3 atom stereocenters. The van der Waals surface area contributed by atoms with Crippen LogP contribution in [0.5, 0.6) is 0 Å². The molecule has 0 saturated carbocycles. The second-order valence-electron chi connectivity index (χ2n) is 5.72. The van der Waals surface area contributed by atoms with Gasteiger partial charge in [0, 0.05) is 6.42 Å². The third-order valence-corrected chi connectivity index (χ3v) is 4.06. The summed E-state index contributed by atoms with van der Waals surface area (Å²) in [6, 6.07) is -3.05. The molecule has 0 aromatic rings. The Kier molecular flexibility index (Phi) is 11.8.